The Morgan fingerprint density at radius 3 is 2.71 bits per heavy atom. The third kappa shape index (κ3) is 3.63. The summed E-state index contributed by atoms with van der Waals surface area (Å²) in [5.41, 5.74) is 1.37. The molecule has 0 bridgehead atoms. The first-order valence-electron chi connectivity index (χ1n) is 7.99. The Morgan fingerprint density at radius 2 is 2.00 bits per heavy atom. The van der Waals surface area contributed by atoms with Crippen LogP contribution in [0.3, 0.4) is 0 Å². The molecule has 2 saturated heterocycles. The summed E-state index contributed by atoms with van der Waals surface area (Å²) >= 11 is 0. The van der Waals surface area contributed by atoms with E-state index >= 15 is 0 Å². The zero-order chi connectivity index (χ0) is 14.7. The molecule has 21 heavy (non-hydrogen) atoms. The fourth-order valence-corrected chi connectivity index (χ4v) is 3.44. The highest BCUT2D eigenvalue weighted by molar-refractivity contribution is 5.83. The SMILES string of the molecule is CN1CCC(NC2CCCN(Cc3ccccc3)C2)C1=O. The third-order valence-electron chi connectivity index (χ3n) is 4.62. The summed E-state index contributed by atoms with van der Waals surface area (Å²) in [7, 11) is 1.90. The molecule has 1 aromatic rings. The van der Waals surface area contributed by atoms with Crippen molar-refractivity contribution in [1.29, 1.82) is 0 Å². The maximum Gasteiger partial charge on any atom is 0.239 e. The molecule has 2 atom stereocenters. The zero-order valence-electron chi connectivity index (χ0n) is 12.8. The number of nitrogens with one attached hydrogen (secondary N) is 1. The molecule has 0 radical (unpaired) electrons. The molecule has 0 aromatic heterocycles. The van der Waals surface area contributed by atoms with Crippen molar-refractivity contribution in [2.45, 2.75) is 37.9 Å². The van der Waals surface area contributed by atoms with Gasteiger partial charge in [0.05, 0.1) is 6.04 Å². The monoisotopic (exact) mass is 287 g/mol. The molecule has 2 aliphatic heterocycles. The van der Waals surface area contributed by atoms with Crippen molar-refractivity contribution in [3.05, 3.63) is 35.9 Å². The first-order chi connectivity index (χ1) is 10.2. The molecular weight excluding hydrogens is 262 g/mol. The number of likely N-dealkylation sites (tertiary alicyclic amines) is 2. The predicted octanol–water partition coefficient (Wildman–Crippen LogP) is 1.47. The number of benzene rings is 1. The molecule has 4 heteroatoms. The number of hydrogen-bond acceptors (Lipinski definition) is 3. The minimum atomic E-state index is 0.0386. The van der Waals surface area contributed by atoms with Crippen LogP contribution in [-0.4, -0.2) is 54.5 Å². The summed E-state index contributed by atoms with van der Waals surface area (Å²) in [6, 6.07) is 11.1. The summed E-state index contributed by atoms with van der Waals surface area (Å²) in [6.07, 6.45) is 3.34. The fourth-order valence-electron chi connectivity index (χ4n) is 3.44. The quantitative estimate of drug-likeness (QED) is 0.911. The first-order valence-corrected chi connectivity index (χ1v) is 7.99. The van der Waals surface area contributed by atoms with Gasteiger partial charge in [-0.3, -0.25) is 9.69 Å². The molecule has 0 aliphatic carbocycles. The number of hydrogen-bond donors (Lipinski definition) is 1. The van der Waals surface area contributed by atoms with Crippen molar-refractivity contribution in [3.63, 3.8) is 0 Å². The number of nitrogens with zero attached hydrogens (tertiary/aromatic N) is 2. The number of carbonyl (C=O) groups excluding carboxylic acids is 1. The average molecular weight is 287 g/mol. The summed E-state index contributed by atoms with van der Waals surface area (Å²) in [4.78, 5) is 16.3. The Bertz CT molecular complexity index is 476. The Balaban J connectivity index is 1.52. The van der Waals surface area contributed by atoms with Crippen molar-refractivity contribution in [3.8, 4) is 0 Å². The van der Waals surface area contributed by atoms with Gasteiger partial charge in [-0.05, 0) is 31.4 Å². The van der Waals surface area contributed by atoms with Crippen molar-refractivity contribution >= 4 is 5.91 Å². The highest BCUT2D eigenvalue weighted by Gasteiger charge is 2.31. The van der Waals surface area contributed by atoms with Crippen LogP contribution in [0.2, 0.25) is 0 Å². The summed E-state index contributed by atoms with van der Waals surface area (Å²) in [6.45, 7) is 4.10. The van der Waals surface area contributed by atoms with E-state index < -0.39 is 0 Å². The lowest BCUT2D eigenvalue weighted by Crippen LogP contribution is -2.50. The van der Waals surface area contributed by atoms with Gasteiger partial charge in [0.15, 0.2) is 0 Å². The largest absolute Gasteiger partial charge is 0.344 e. The molecule has 1 N–H and O–H groups in total. The molecule has 2 aliphatic rings. The molecule has 1 amide bonds. The maximum atomic E-state index is 12.0. The predicted molar refractivity (Wildman–Crippen MR) is 83.9 cm³/mol. The Hall–Kier alpha value is -1.39. The van der Waals surface area contributed by atoms with Gasteiger partial charge in [-0.1, -0.05) is 30.3 Å². The van der Waals surface area contributed by atoms with E-state index in [0.29, 0.717) is 6.04 Å². The van der Waals surface area contributed by atoms with Crippen LogP contribution >= 0.6 is 0 Å². The normalized spacial score (nSPS) is 27.3. The highest BCUT2D eigenvalue weighted by Crippen LogP contribution is 2.16. The van der Waals surface area contributed by atoms with Crippen molar-refractivity contribution in [2.75, 3.05) is 26.7 Å². The van der Waals surface area contributed by atoms with Crippen LogP contribution in [0.5, 0.6) is 0 Å². The van der Waals surface area contributed by atoms with E-state index in [9.17, 15) is 4.79 Å². The van der Waals surface area contributed by atoms with Gasteiger partial charge in [0.25, 0.3) is 0 Å². The van der Waals surface area contributed by atoms with Gasteiger partial charge in [-0.15, -0.1) is 0 Å². The highest BCUT2D eigenvalue weighted by atomic mass is 16.2. The number of carbonyl (C=O) groups is 1. The molecule has 1 aromatic carbocycles. The van der Waals surface area contributed by atoms with Crippen molar-refractivity contribution in [2.24, 2.45) is 0 Å². The van der Waals surface area contributed by atoms with E-state index in [1.54, 1.807) is 0 Å². The van der Waals surface area contributed by atoms with E-state index in [0.717, 1.165) is 32.6 Å². The van der Waals surface area contributed by atoms with Gasteiger partial charge in [-0.2, -0.15) is 0 Å². The third-order valence-corrected chi connectivity index (χ3v) is 4.62. The van der Waals surface area contributed by atoms with Crippen LogP contribution < -0.4 is 5.32 Å². The Labute approximate surface area is 127 Å². The first kappa shape index (κ1) is 14.5. The smallest absolute Gasteiger partial charge is 0.239 e. The Kier molecular flexibility index (Phi) is 4.56. The molecule has 2 heterocycles. The van der Waals surface area contributed by atoms with Crippen molar-refractivity contribution < 1.29 is 4.79 Å². The van der Waals surface area contributed by atoms with Gasteiger partial charge in [0, 0.05) is 32.7 Å². The van der Waals surface area contributed by atoms with Gasteiger partial charge < -0.3 is 10.2 Å². The molecule has 3 rings (SSSR count). The van der Waals surface area contributed by atoms with E-state index in [4.69, 9.17) is 0 Å². The summed E-state index contributed by atoms with van der Waals surface area (Å²) in [5.74, 6) is 0.259. The fraction of sp³-hybridized carbons (Fsp3) is 0.588. The second-order valence-electron chi connectivity index (χ2n) is 6.33. The van der Waals surface area contributed by atoms with Gasteiger partial charge >= 0.3 is 0 Å². The van der Waals surface area contributed by atoms with Crippen LogP contribution in [0.15, 0.2) is 30.3 Å². The molecule has 114 valence electrons. The van der Waals surface area contributed by atoms with Crippen LogP contribution in [-0.2, 0) is 11.3 Å². The molecule has 2 unspecified atom stereocenters. The molecule has 0 saturated carbocycles. The molecular formula is C17H25N3O. The molecule has 2 fully saturated rings. The standard InChI is InChI=1S/C17H25N3O/c1-19-11-9-16(17(19)21)18-15-8-5-10-20(13-15)12-14-6-3-2-4-7-14/h2-4,6-7,15-16,18H,5,8-13H2,1H3. The number of likely N-dealkylation sites (N-methyl/N-ethyl adjacent to an activating group) is 1. The van der Waals surface area contributed by atoms with Gasteiger partial charge in [0.1, 0.15) is 0 Å². The number of piperidine rings is 1. The van der Waals surface area contributed by atoms with E-state index in [1.807, 2.05) is 11.9 Å². The van der Waals surface area contributed by atoms with E-state index in [2.05, 4.69) is 40.5 Å². The van der Waals surface area contributed by atoms with Crippen LogP contribution in [0, 0.1) is 0 Å². The lowest BCUT2D eigenvalue weighted by atomic mass is 10.0. The van der Waals surface area contributed by atoms with Crippen LogP contribution in [0.1, 0.15) is 24.8 Å². The number of amides is 1. The zero-order valence-corrected chi connectivity index (χ0v) is 12.8. The Morgan fingerprint density at radius 1 is 1.19 bits per heavy atom. The minimum Gasteiger partial charge on any atom is -0.344 e. The van der Waals surface area contributed by atoms with E-state index in [1.165, 1.54) is 18.4 Å². The topological polar surface area (TPSA) is 35.6 Å². The number of rotatable bonds is 4. The van der Waals surface area contributed by atoms with Gasteiger partial charge in [-0.25, -0.2) is 0 Å². The lowest BCUT2D eigenvalue weighted by Gasteiger charge is -2.34. The average Bonchev–Trinajstić information content (AvgIpc) is 2.81. The lowest BCUT2D eigenvalue weighted by molar-refractivity contribution is -0.128. The van der Waals surface area contributed by atoms with Crippen LogP contribution in [0.25, 0.3) is 0 Å². The van der Waals surface area contributed by atoms with Gasteiger partial charge in [0.2, 0.25) is 5.91 Å². The molecule has 0 spiro atoms. The van der Waals surface area contributed by atoms with Crippen LogP contribution in [0.4, 0.5) is 0 Å². The minimum absolute atomic E-state index is 0.0386. The second-order valence-corrected chi connectivity index (χ2v) is 6.33. The van der Waals surface area contributed by atoms with Crippen molar-refractivity contribution in [1.82, 2.24) is 15.1 Å². The van der Waals surface area contributed by atoms with E-state index in [-0.39, 0.29) is 11.9 Å². The maximum absolute atomic E-state index is 12.0. The second kappa shape index (κ2) is 6.58. The summed E-state index contributed by atoms with van der Waals surface area (Å²) in [5, 5.41) is 3.58. The molecule has 4 nitrogen and oxygen atoms in total. The summed E-state index contributed by atoms with van der Waals surface area (Å²) < 4.78 is 0.